The molecule has 0 amide bonds. The number of Topliss-reactive ketones (excluding diaryl/α,β-unsaturated/α-hetero) is 1. The van der Waals surface area contributed by atoms with Crippen LogP contribution in [0.5, 0.6) is 0 Å². The lowest BCUT2D eigenvalue weighted by atomic mass is 10.00. The molecule has 1 aromatic rings. The first-order valence-corrected chi connectivity index (χ1v) is 6.03. The van der Waals surface area contributed by atoms with Crippen LogP contribution >= 0.6 is 27.5 Å². The van der Waals surface area contributed by atoms with Gasteiger partial charge in [-0.15, -0.1) is 0 Å². The van der Waals surface area contributed by atoms with Crippen molar-refractivity contribution in [2.24, 2.45) is 0 Å². The number of hydrogen-bond acceptors (Lipinski definition) is 2. The van der Waals surface area contributed by atoms with Gasteiger partial charge in [-0.1, -0.05) is 27.5 Å². The molecule has 16 heavy (non-hydrogen) atoms. The predicted molar refractivity (Wildman–Crippen MR) is 62.0 cm³/mol. The average Bonchev–Trinajstić information content (AvgIpc) is 2.15. The van der Waals surface area contributed by atoms with E-state index < -0.39 is 11.9 Å². The Labute approximate surface area is 106 Å². The molecule has 0 aliphatic carbocycles. The van der Waals surface area contributed by atoms with Crippen molar-refractivity contribution in [1.29, 1.82) is 0 Å². The van der Waals surface area contributed by atoms with E-state index >= 15 is 0 Å². The van der Waals surface area contributed by atoms with E-state index in [9.17, 15) is 9.18 Å². The monoisotopic (exact) mass is 306 g/mol. The molecule has 1 unspecified atom stereocenters. The first kappa shape index (κ1) is 12.0. The standard InChI is InChI=1S/C11H9BrClFO2/c12-8-3-6(13)4-9(14)11(8)10-5-7(15)1-2-16-10/h3-4,10H,1-2,5H2. The maximum atomic E-state index is 13.7. The molecule has 86 valence electrons. The second kappa shape index (κ2) is 4.82. The number of benzene rings is 1. The maximum absolute atomic E-state index is 13.7. The molecule has 0 N–H and O–H groups in total. The quantitative estimate of drug-likeness (QED) is 0.791. The molecule has 1 heterocycles. The molecule has 5 heteroatoms. The number of rotatable bonds is 1. The summed E-state index contributed by atoms with van der Waals surface area (Å²) in [7, 11) is 0. The lowest BCUT2D eigenvalue weighted by Gasteiger charge is -2.23. The zero-order valence-electron chi connectivity index (χ0n) is 8.30. The topological polar surface area (TPSA) is 26.3 Å². The van der Waals surface area contributed by atoms with Gasteiger partial charge >= 0.3 is 0 Å². The second-order valence-electron chi connectivity index (χ2n) is 3.64. The van der Waals surface area contributed by atoms with Crippen LogP contribution in [0.2, 0.25) is 5.02 Å². The molecule has 2 rings (SSSR count). The summed E-state index contributed by atoms with van der Waals surface area (Å²) < 4.78 is 19.7. The highest BCUT2D eigenvalue weighted by atomic mass is 79.9. The van der Waals surface area contributed by atoms with E-state index in [2.05, 4.69) is 15.9 Å². The van der Waals surface area contributed by atoms with Gasteiger partial charge in [-0.2, -0.15) is 0 Å². The summed E-state index contributed by atoms with van der Waals surface area (Å²) in [4.78, 5) is 11.3. The Morgan fingerprint density at radius 3 is 2.88 bits per heavy atom. The van der Waals surface area contributed by atoms with Crippen LogP contribution in [0.3, 0.4) is 0 Å². The van der Waals surface area contributed by atoms with Crippen LogP contribution in [-0.2, 0) is 9.53 Å². The summed E-state index contributed by atoms with van der Waals surface area (Å²) in [5, 5.41) is 0.315. The molecular weight excluding hydrogens is 298 g/mol. The van der Waals surface area contributed by atoms with Gasteiger partial charge in [-0.3, -0.25) is 4.79 Å². The van der Waals surface area contributed by atoms with E-state index in [1.54, 1.807) is 6.07 Å². The van der Waals surface area contributed by atoms with Gasteiger partial charge in [-0.25, -0.2) is 4.39 Å². The number of halogens is 3. The van der Waals surface area contributed by atoms with Crippen LogP contribution in [0.25, 0.3) is 0 Å². The molecule has 1 fully saturated rings. The number of ketones is 1. The Hall–Kier alpha value is -0.450. The number of hydrogen-bond donors (Lipinski definition) is 0. The van der Waals surface area contributed by atoms with E-state index in [1.165, 1.54) is 6.07 Å². The van der Waals surface area contributed by atoms with Crippen molar-refractivity contribution < 1.29 is 13.9 Å². The summed E-state index contributed by atoms with van der Waals surface area (Å²) in [6, 6.07) is 2.83. The first-order valence-electron chi connectivity index (χ1n) is 4.85. The molecule has 1 aromatic carbocycles. The molecule has 0 radical (unpaired) electrons. The molecule has 0 spiro atoms. The van der Waals surface area contributed by atoms with Crippen molar-refractivity contribution in [2.75, 3.05) is 6.61 Å². The normalized spacial score (nSPS) is 21.2. The Kier molecular flexibility index (Phi) is 3.62. The lowest BCUT2D eigenvalue weighted by Crippen LogP contribution is -2.20. The summed E-state index contributed by atoms with van der Waals surface area (Å²) in [5.41, 5.74) is 0.373. The third kappa shape index (κ3) is 2.44. The minimum atomic E-state index is -0.507. The largest absolute Gasteiger partial charge is 0.372 e. The van der Waals surface area contributed by atoms with Crippen molar-refractivity contribution in [2.45, 2.75) is 18.9 Å². The summed E-state index contributed by atoms with van der Waals surface area (Å²) >= 11 is 8.95. The van der Waals surface area contributed by atoms with Crippen molar-refractivity contribution in [3.8, 4) is 0 Å². The van der Waals surface area contributed by atoms with Gasteiger partial charge in [0.25, 0.3) is 0 Å². The third-order valence-corrected chi connectivity index (χ3v) is 3.35. The van der Waals surface area contributed by atoms with E-state index in [-0.39, 0.29) is 12.2 Å². The molecule has 1 aliphatic rings. The Balaban J connectivity index is 2.35. The Morgan fingerprint density at radius 1 is 1.50 bits per heavy atom. The van der Waals surface area contributed by atoms with Crippen LogP contribution < -0.4 is 0 Å². The average molecular weight is 308 g/mol. The van der Waals surface area contributed by atoms with E-state index in [0.29, 0.717) is 28.1 Å². The fraction of sp³-hybridized carbons (Fsp3) is 0.364. The van der Waals surface area contributed by atoms with Crippen molar-refractivity contribution in [3.63, 3.8) is 0 Å². The minimum Gasteiger partial charge on any atom is -0.372 e. The van der Waals surface area contributed by atoms with Crippen LogP contribution in [-0.4, -0.2) is 12.4 Å². The number of ether oxygens (including phenoxy) is 1. The molecule has 1 aliphatic heterocycles. The van der Waals surface area contributed by atoms with Gasteiger partial charge in [-0.05, 0) is 12.1 Å². The van der Waals surface area contributed by atoms with E-state index in [0.717, 1.165) is 0 Å². The van der Waals surface area contributed by atoms with Crippen molar-refractivity contribution >= 4 is 33.3 Å². The second-order valence-corrected chi connectivity index (χ2v) is 4.93. The third-order valence-electron chi connectivity index (χ3n) is 2.48. The summed E-state index contributed by atoms with van der Waals surface area (Å²) in [5.74, 6) is -0.350. The van der Waals surface area contributed by atoms with Crippen LogP contribution in [0.15, 0.2) is 16.6 Å². The van der Waals surface area contributed by atoms with Gasteiger partial charge in [0.15, 0.2) is 0 Å². The number of carbonyl (C=O) groups excluding carboxylic acids is 1. The van der Waals surface area contributed by atoms with Gasteiger partial charge in [0.2, 0.25) is 0 Å². The van der Waals surface area contributed by atoms with E-state index in [1.807, 2.05) is 0 Å². The highest BCUT2D eigenvalue weighted by Gasteiger charge is 2.26. The molecular formula is C11H9BrClFO2. The predicted octanol–water partition coefficient (Wildman–Crippen LogP) is 3.66. The van der Waals surface area contributed by atoms with Gasteiger partial charge in [0.05, 0.1) is 12.7 Å². The van der Waals surface area contributed by atoms with Gasteiger partial charge in [0, 0.05) is 27.9 Å². The lowest BCUT2D eigenvalue weighted by molar-refractivity contribution is -0.128. The smallest absolute Gasteiger partial charge is 0.138 e. The van der Waals surface area contributed by atoms with Crippen LogP contribution in [0.1, 0.15) is 24.5 Å². The molecule has 1 saturated heterocycles. The zero-order valence-corrected chi connectivity index (χ0v) is 10.6. The Morgan fingerprint density at radius 2 is 2.25 bits per heavy atom. The van der Waals surface area contributed by atoms with Crippen molar-refractivity contribution in [1.82, 2.24) is 0 Å². The molecule has 0 saturated carbocycles. The molecule has 0 bridgehead atoms. The highest BCUT2D eigenvalue weighted by molar-refractivity contribution is 9.10. The molecule has 1 atom stereocenters. The highest BCUT2D eigenvalue weighted by Crippen LogP contribution is 2.35. The molecule has 2 nitrogen and oxygen atoms in total. The first-order chi connectivity index (χ1) is 7.58. The summed E-state index contributed by atoms with van der Waals surface area (Å²) in [6.07, 6.45) is 0.119. The van der Waals surface area contributed by atoms with E-state index in [4.69, 9.17) is 16.3 Å². The fourth-order valence-electron chi connectivity index (χ4n) is 1.73. The van der Waals surface area contributed by atoms with Crippen molar-refractivity contribution in [3.05, 3.63) is 33.0 Å². The minimum absolute atomic E-state index is 0.0949. The number of carbonyl (C=O) groups is 1. The van der Waals surface area contributed by atoms with Crippen LogP contribution in [0.4, 0.5) is 4.39 Å². The Bertz CT molecular complexity index is 413. The zero-order chi connectivity index (χ0) is 11.7. The van der Waals surface area contributed by atoms with Gasteiger partial charge in [0.1, 0.15) is 11.6 Å². The van der Waals surface area contributed by atoms with Crippen LogP contribution in [0, 0.1) is 5.82 Å². The summed E-state index contributed by atoms with van der Waals surface area (Å²) in [6.45, 7) is 0.345. The fourth-order valence-corrected chi connectivity index (χ4v) is 2.76. The molecule has 0 aromatic heterocycles. The SMILES string of the molecule is O=C1CCOC(c2c(F)cc(Cl)cc2Br)C1. The maximum Gasteiger partial charge on any atom is 0.138 e. The van der Waals surface area contributed by atoms with Gasteiger partial charge < -0.3 is 4.74 Å².